The summed E-state index contributed by atoms with van der Waals surface area (Å²) in [6.07, 6.45) is 0.936. The first-order chi connectivity index (χ1) is 9.56. The maximum atomic E-state index is 13.0. The molecule has 0 fully saturated rings. The van der Waals surface area contributed by atoms with Crippen LogP contribution >= 0.6 is 0 Å². The minimum absolute atomic E-state index is 0.536. The Hall–Kier alpha value is -1.75. The van der Waals surface area contributed by atoms with Crippen molar-refractivity contribution in [2.45, 2.75) is 33.4 Å². The normalized spacial score (nSPS) is 11.0. The van der Waals surface area contributed by atoms with Crippen LogP contribution in [-0.2, 0) is 13.1 Å². The minimum atomic E-state index is -0.807. The van der Waals surface area contributed by atoms with Crippen LogP contribution in [0, 0.1) is 25.5 Å². The van der Waals surface area contributed by atoms with Gasteiger partial charge in [-0.05, 0) is 50.6 Å². The van der Waals surface area contributed by atoms with E-state index >= 15 is 0 Å². The summed E-state index contributed by atoms with van der Waals surface area (Å²) in [5.74, 6) is -1.61. The highest BCUT2D eigenvalue weighted by molar-refractivity contribution is 5.17. The topological polar surface area (TPSA) is 29.9 Å². The number of nitrogens with one attached hydrogen (secondary N) is 1. The third kappa shape index (κ3) is 3.87. The lowest BCUT2D eigenvalue weighted by Gasteiger charge is -2.07. The summed E-state index contributed by atoms with van der Waals surface area (Å²) in [7, 11) is 0. The van der Waals surface area contributed by atoms with Gasteiger partial charge in [0.1, 0.15) is 0 Å². The molecule has 0 spiro atoms. The van der Waals surface area contributed by atoms with Crippen LogP contribution in [0.3, 0.4) is 0 Å². The van der Waals surface area contributed by atoms with Crippen molar-refractivity contribution in [2.75, 3.05) is 6.54 Å². The number of hydrogen-bond donors (Lipinski definition) is 1. The molecule has 108 valence electrons. The number of aryl methyl sites for hydroxylation is 3. The van der Waals surface area contributed by atoms with Crippen molar-refractivity contribution >= 4 is 0 Å². The Morgan fingerprint density at radius 1 is 1.15 bits per heavy atom. The van der Waals surface area contributed by atoms with Crippen LogP contribution in [0.4, 0.5) is 8.78 Å². The molecule has 5 heteroatoms. The van der Waals surface area contributed by atoms with Gasteiger partial charge in [-0.3, -0.25) is 4.68 Å². The van der Waals surface area contributed by atoms with Crippen LogP contribution in [0.2, 0.25) is 0 Å². The van der Waals surface area contributed by atoms with E-state index in [0.717, 1.165) is 42.5 Å². The van der Waals surface area contributed by atoms with Crippen LogP contribution < -0.4 is 5.32 Å². The van der Waals surface area contributed by atoms with E-state index in [4.69, 9.17) is 0 Å². The standard InChI is InChI=1S/C15H19F2N3/c1-11-8-12(2)20(19-11)7-3-6-18-10-13-4-5-14(16)15(17)9-13/h4-5,8-9,18H,3,6-7,10H2,1-2H3. The third-order valence-corrected chi connectivity index (χ3v) is 3.14. The van der Waals surface area contributed by atoms with Gasteiger partial charge in [0.15, 0.2) is 11.6 Å². The number of halogens is 2. The molecule has 1 heterocycles. The molecule has 0 saturated carbocycles. The van der Waals surface area contributed by atoms with Crippen molar-refractivity contribution in [3.63, 3.8) is 0 Å². The summed E-state index contributed by atoms with van der Waals surface area (Å²) < 4.78 is 27.8. The van der Waals surface area contributed by atoms with Gasteiger partial charge in [-0.15, -0.1) is 0 Å². The fourth-order valence-electron chi connectivity index (χ4n) is 2.14. The molecule has 0 amide bonds. The molecule has 1 aromatic heterocycles. The maximum absolute atomic E-state index is 13.0. The Kier molecular flexibility index (Phi) is 4.84. The van der Waals surface area contributed by atoms with E-state index in [-0.39, 0.29) is 0 Å². The van der Waals surface area contributed by atoms with E-state index in [9.17, 15) is 8.78 Å². The van der Waals surface area contributed by atoms with Crippen molar-refractivity contribution in [1.29, 1.82) is 0 Å². The molecule has 0 aliphatic carbocycles. The molecule has 0 aliphatic heterocycles. The fraction of sp³-hybridized carbons (Fsp3) is 0.400. The van der Waals surface area contributed by atoms with E-state index in [0.29, 0.717) is 6.54 Å². The number of hydrogen-bond acceptors (Lipinski definition) is 2. The van der Waals surface area contributed by atoms with Gasteiger partial charge in [0.05, 0.1) is 5.69 Å². The highest BCUT2D eigenvalue weighted by atomic mass is 19.2. The molecular formula is C15H19F2N3. The van der Waals surface area contributed by atoms with Crippen LogP contribution in [0.15, 0.2) is 24.3 Å². The zero-order valence-electron chi connectivity index (χ0n) is 11.8. The van der Waals surface area contributed by atoms with Gasteiger partial charge in [0.25, 0.3) is 0 Å². The first-order valence-electron chi connectivity index (χ1n) is 6.72. The van der Waals surface area contributed by atoms with Gasteiger partial charge in [0.2, 0.25) is 0 Å². The summed E-state index contributed by atoms with van der Waals surface area (Å²) >= 11 is 0. The van der Waals surface area contributed by atoms with E-state index in [1.54, 1.807) is 6.07 Å². The van der Waals surface area contributed by atoms with E-state index in [1.807, 2.05) is 18.5 Å². The lowest BCUT2D eigenvalue weighted by atomic mass is 10.2. The first kappa shape index (κ1) is 14.7. The number of benzene rings is 1. The van der Waals surface area contributed by atoms with Gasteiger partial charge < -0.3 is 5.32 Å². The van der Waals surface area contributed by atoms with Crippen molar-refractivity contribution in [1.82, 2.24) is 15.1 Å². The Morgan fingerprint density at radius 2 is 1.95 bits per heavy atom. The van der Waals surface area contributed by atoms with E-state index in [1.165, 1.54) is 6.07 Å². The van der Waals surface area contributed by atoms with Crippen LogP contribution in [-0.4, -0.2) is 16.3 Å². The summed E-state index contributed by atoms with van der Waals surface area (Å²) in [5, 5.41) is 7.60. The zero-order valence-corrected chi connectivity index (χ0v) is 11.8. The highest BCUT2D eigenvalue weighted by Crippen LogP contribution is 2.08. The quantitative estimate of drug-likeness (QED) is 0.824. The monoisotopic (exact) mass is 279 g/mol. The molecule has 0 saturated heterocycles. The van der Waals surface area contributed by atoms with E-state index in [2.05, 4.69) is 16.5 Å². The molecule has 2 rings (SSSR count). The average Bonchev–Trinajstić information content (AvgIpc) is 2.72. The molecule has 1 aromatic carbocycles. The second-order valence-corrected chi connectivity index (χ2v) is 4.93. The van der Waals surface area contributed by atoms with Gasteiger partial charge in [-0.25, -0.2) is 8.78 Å². The molecule has 0 atom stereocenters. The van der Waals surface area contributed by atoms with Crippen molar-refractivity contribution in [3.05, 3.63) is 52.9 Å². The summed E-state index contributed by atoms with van der Waals surface area (Å²) in [6.45, 7) is 6.20. The third-order valence-electron chi connectivity index (χ3n) is 3.14. The minimum Gasteiger partial charge on any atom is -0.313 e. The predicted octanol–water partition coefficient (Wildman–Crippen LogP) is 2.96. The second-order valence-electron chi connectivity index (χ2n) is 4.93. The Bertz CT molecular complexity index is 578. The number of rotatable bonds is 6. The van der Waals surface area contributed by atoms with Crippen LogP contribution in [0.25, 0.3) is 0 Å². The largest absolute Gasteiger partial charge is 0.313 e. The Morgan fingerprint density at radius 3 is 2.60 bits per heavy atom. The van der Waals surface area contributed by atoms with Gasteiger partial charge in [-0.2, -0.15) is 5.10 Å². The fourth-order valence-corrected chi connectivity index (χ4v) is 2.14. The molecule has 0 unspecified atom stereocenters. The molecule has 0 bridgehead atoms. The van der Waals surface area contributed by atoms with Crippen LogP contribution in [0.1, 0.15) is 23.4 Å². The smallest absolute Gasteiger partial charge is 0.159 e. The zero-order chi connectivity index (χ0) is 14.5. The molecular weight excluding hydrogens is 260 g/mol. The molecule has 20 heavy (non-hydrogen) atoms. The van der Waals surface area contributed by atoms with Crippen molar-refractivity contribution in [2.24, 2.45) is 0 Å². The first-order valence-corrected chi connectivity index (χ1v) is 6.72. The number of nitrogens with zero attached hydrogens (tertiary/aromatic N) is 2. The van der Waals surface area contributed by atoms with Crippen molar-refractivity contribution in [3.8, 4) is 0 Å². The molecule has 1 N–H and O–H groups in total. The molecule has 0 radical (unpaired) electrons. The van der Waals surface area contributed by atoms with Gasteiger partial charge in [-0.1, -0.05) is 6.07 Å². The Labute approximate surface area is 117 Å². The summed E-state index contributed by atoms with van der Waals surface area (Å²) in [4.78, 5) is 0. The Balaban J connectivity index is 1.71. The molecule has 3 nitrogen and oxygen atoms in total. The lowest BCUT2D eigenvalue weighted by molar-refractivity contribution is 0.504. The van der Waals surface area contributed by atoms with Gasteiger partial charge >= 0.3 is 0 Å². The van der Waals surface area contributed by atoms with Crippen LogP contribution in [0.5, 0.6) is 0 Å². The van der Waals surface area contributed by atoms with Gasteiger partial charge in [0, 0.05) is 18.8 Å². The second kappa shape index (κ2) is 6.61. The molecule has 2 aromatic rings. The average molecular weight is 279 g/mol. The maximum Gasteiger partial charge on any atom is 0.159 e. The summed E-state index contributed by atoms with van der Waals surface area (Å²) in [5.41, 5.74) is 2.93. The number of aromatic nitrogens is 2. The molecule has 0 aliphatic rings. The SMILES string of the molecule is Cc1cc(C)n(CCCNCc2ccc(F)c(F)c2)n1. The predicted molar refractivity (Wildman–Crippen MR) is 74.4 cm³/mol. The highest BCUT2D eigenvalue weighted by Gasteiger charge is 2.02. The van der Waals surface area contributed by atoms with E-state index < -0.39 is 11.6 Å². The summed E-state index contributed by atoms with van der Waals surface area (Å²) in [6, 6.07) is 6.02. The van der Waals surface area contributed by atoms with Crippen molar-refractivity contribution < 1.29 is 8.78 Å². The lowest BCUT2D eigenvalue weighted by Crippen LogP contribution is -2.17.